The number of rotatable bonds is 3. The highest BCUT2D eigenvalue weighted by Crippen LogP contribution is 2.29. The van der Waals surface area contributed by atoms with Gasteiger partial charge in [0.2, 0.25) is 0 Å². The van der Waals surface area contributed by atoms with Crippen LogP contribution in [0.25, 0.3) is 0 Å². The van der Waals surface area contributed by atoms with Gasteiger partial charge in [-0.1, -0.05) is 36.4 Å². The zero-order valence-corrected chi connectivity index (χ0v) is 12.4. The summed E-state index contributed by atoms with van der Waals surface area (Å²) in [6.07, 6.45) is 0.898. The quantitative estimate of drug-likeness (QED) is 0.756. The Morgan fingerprint density at radius 2 is 1.62 bits per heavy atom. The lowest BCUT2D eigenvalue weighted by molar-refractivity contribution is 0.00819. The minimum atomic E-state index is -3.67. The summed E-state index contributed by atoms with van der Waals surface area (Å²) in [5.74, 6) is 0.312. The summed E-state index contributed by atoms with van der Waals surface area (Å²) >= 11 is 4.65. The van der Waals surface area contributed by atoms with E-state index in [9.17, 15) is 18.3 Å². The lowest BCUT2D eigenvalue weighted by Gasteiger charge is -2.14. The minimum absolute atomic E-state index is 0.165. The first-order chi connectivity index (χ1) is 9.90. The van der Waals surface area contributed by atoms with E-state index in [0.717, 1.165) is 12.0 Å². The average Bonchev–Trinajstić information content (AvgIpc) is 2.39. The van der Waals surface area contributed by atoms with Crippen LogP contribution in [0.2, 0.25) is 0 Å². The van der Waals surface area contributed by atoms with Crippen LogP contribution in [0.4, 0.5) is 13.2 Å². The maximum atomic E-state index is 9.67. The fourth-order valence-electron chi connectivity index (χ4n) is 1.98. The standard InChI is InChI=1S/C15H16OS.CHF3/c1-11-9-13(16)7-8-14(11)15(17)10-12-5-3-2-4-6-12;2-1(3)4/h2-9,15-17H,10H2,1H3;1H. The largest absolute Gasteiger partial charge is 0.508 e. The smallest absolute Gasteiger partial charge is 0.379 e. The fourth-order valence-corrected chi connectivity index (χ4v) is 2.48. The number of hydrogen-bond acceptors (Lipinski definition) is 2. The summed E-state index contributed by atoms with van der Waals surface area (Å²) in [6, 6.07) is 15.8. The van der Waals surface area contributed by atoms with E-state index < -0.39 is 6.68 Å². The molecular weight excluding hydrogens is 297 g/mol. The van der Waals surface area contributed by atoms with Gasteiger partial charge in [0.15, 0.2) is 0 Å². The molecule has 0 amide bonds. The number of alkyl halides is 3. The van der Waals surface area contributed by atoms with Gasteiger partial charge in [-0.15, -0.1) is 0 Å². The third-order valence-electron chi connectivity index (χ3n) is 2.88. The zero-order valence-electron chi connectivity index (χ0n) is 11.5. The monoisotopic (exact) mass is 314 g/mol. The second-order valence-electron chi connectivity index (χ2n) is 4.49. The Kier molecular flexibility index (Phi) is 7.15. The molecule has 0 aliphatic rings. The van der Waals surface area contributed by atoms with Crippen molar-refractivity contribution in [2.75, 3.05) is 0 Å². The van der Waals surface area contributed by atoms with Gasteiger partial charge in [0.1, 0.15) is 5.75 Å². The molecule has 0 bridgehead atoms. The number of phenolic OH excluding ortho intramolecular Hbond substituents is 1. The molecule has 2 aromatic rings. The first-order valence-corrected chi connectivity index (χ1v) is 6.85. The van der Waals surface area contributed by atoms with Crippen molar-refractivity contribution in [3.8, 4) is 5.75 Å². The number of phenols is 1. The summed E-state index contributed by atoms with van der Waals surface area (Å²) in [4.78, 5) is 0. The van der Waals surface area contributed by atoms with E-state index in [2.05, 4.69) is 24.8 Å². The molecule has 21 heavy (non-hydrogen) atoms. The molecule has 1 atom stereocenters. The van der Waals surface area contributed by atoms with Crippen molar-refractivity contribution < 1.29 is 18.3 Å². The zero-order chi connectivity index (χ0) is 15.8. The Morgan fingerprint density at radius 1 is 1.05 bits per heavy atom. The van der Waals surface area contributed by atoms with Gasteiger partial charge in [0.25, 0.3) is 0 Å². The van der Waals surface area contributed by atoms with Crippen LogP contribution >= 0.6 is 12.6 Å². The Bertz CT molecular complexity index is 544. The molecule has 0 spiro atoms. The molecule has 2 rings (SSSR count). The number of thiol groups is 1. The molecule has 0 fully saturated rings. The topological polar surface area (TPSA) is 20.2 Å². The molecule has 0 saturated carbocycles. The predicted molar refractivity (Wildman–Crippen MR) is 81.8 cm³/mol. The van der Waals surface area contributed by atoms with Crippen LogP contribution in [0.1, 0.15) is 21.9 Å². The number of hydrogen-bond donors (Lipinski definition) is 2. The fraction of sp³-hybridized carbons (Fsp3) is 0.250. The van der Waals surface area contributed by atoms with Crippen molar-refractivity contribution in [1.82, 2.24) is 0 Å². The highest BCUT2D eigenvalue weighted by molar-refractivity contribution is 7.80. The molecule has 0 aliphatic heterocycles. The van der Waals surface area contributed by atoms with Gasteiger partial charge in [0, 0.05) is 5.25 Å². The van der Waals surface area contributed by atoms with Crippen molar-refractivity contribution in [2.24, 2.45) is 0 Å². The highest BCUT2D eigenvalue weighted by atomic mass is 32.1. The number of halogens is 3. The molecule has 0 radical (unpaired) electrons. The maximum absolute atomic E-state index is 9.67. The molecule has 5 heteroatoms. The molecule has 2 aromatic carbocycles. The van der Waals surface area contributed by atoms with E-state index >= 15 is 0 Å². The summed E-state index contributed by atoms with van der Waals surface area (Å²) in [5.41, 5.74) is 3.54. The molecule has 1 N–H and O–H groups in total. The molecule has 0 saturated heterocycles. The van der Waals surface area contributed by atoms with Gasteiger partial charge in [-0.3, -0.25) is 0 Å². The van der Waals surface area contributed by atoms with Crippen LogP contribution in [0, 0.1) is 6.92 Å². The first-order valence-electron chi connectivity index (χ1n) is 6.34. The van der Waals surface area contributed by atoms with Gasteiger partial charge in [-0.05, 0) is 42.2 Å². The average molecular weight is 314 g/mol. The highest BCUT2D eigenvalue weighted by Gasteiger charge is 2.10. The Labute approximate surface area is 127 Å². The van der Waals surface area contributed by atoms with Crippen LogP contribution in [0.5, 0.6) is 5.75 Å². The molecule has 1 nitrogen and oxygen atoms in total. The first kappa shape index (κ1) is 17.4. The molecular formula is C16H17F3OS. The second kappa shape index (κ2) is 8.62. The van der Waals surface area contributed by atoms with Gasteiger partial charge >= 0.3 is 6.68 Å². The molecule has 0 heterocycles. The minimum Gasteiger partial charge on any atom is -0.508 e. The van der Waals surface area contributed by atoms with Crippen LogP contribution in [-0.4, -0.2) is 11.8 Å². The van der Waals surface area contributed by atoms with E-state index in [-0.39, 0.29) is 5.25 Å². The maximum Gasteiger partial charge on any atom is 0.379 e. The molecule has 0 aliphatic carbocycles. The van der Waals surface area contributed by atoms with Crippen molar-refractivity contribution in [1.29, 1.82) is 0 Å². The van der Waals surface area contributed by atoms with E-state index in [1.165, 1.54) is 11.1 Å². The summed E-state index contributed by atoms with van der Waals surface area (Å²) in [5, 5.41) is 9.55. The van der Waals surface area contributed by atoms with Crippen molar-refractivity contribution >= 4 is 12.6 Å². The number of aromatic hydroxyl groups is 1. The lowest BCUT2D eigenvalue weighted by Crippen LogP contribution is -1.98. The van der Waals surface area contributed by atoms with Gasteiger partial charge in [0.05, 0.1) is 0 Å². The van der Waals surface area contributed by atoms with E-state index in [4.69, 9.17) is 0 Å². The normalized spacial score (nSPS) is 11.7. The molecule has 0 aromatic heterocycles. The van der Waals surface area contributed by atoms with Crippen LogP contribution in [-0.2, 0) is 6.42 Å². The predicted octanol–water partition coefficient (Wildman–Crippen LogP) is 5.09. The van der Waals surface area contributed by atoms with Gasteiger partial charge in [-0.25, -0.2) is 0 Å². The summed E-state index contributed by atoms with van der Waals surface area (Å²) < 4.78 is 29.0. The van der Waals surface area contributed by atoms with E-state index in [1.807, 2.05) is 31.2 Å². The number of benzene rings is 2. The Morgan fingerprint density at radius 3 is 2.14 bits per heavy atom. The second-order valence-corrected chi connectivity index (χ2v) is 5.12. The molecule has 114 valence electrons. The summed E-state index contributed by atoms with van der Waals surface area (Å²) in [6.45, 7) is -1.66. The van der Waals surface area contributed by atoms with Crippen LogP contribution in [0.15, 0.2) is 48.5 Å². The van der Waals surface area contributed by atoms with Gasteiger partial charge in [-0.2, -0.15) is 25.8 Å². The Hall–Kier alpha value is -1.62. The van der Waals surface area contributed by atoms with Crippen molar-refractivity contribution in [3.63, 3.8) is 0 Å². The van der Waals surface area contributed by atoms with Crippen LogP contribution < -0.4 is 0 Å². The van der Waals surface area contributed by atoms with E-state index in [0.29, 0.717) is 5.75 Å². The number of aryl methyl sites for hydroxylation is 1. The van der Waals surface area contributed by atoms with Gasteiger partial charge < -0.3 is 5.11 Å². The van der Waals surface area contributed by atoms with Crippen molar-refractivity contribution in [2.45, 2.75) is 25.3 Å². The van der Waals surface area contributed by atoms with Crippen molar-refractivity contribution in [3.05, 3.63) is 65.2 Å². The lowest BCUT2D eigenvalue weighted by atomic mass is 10.00. The van der Waals surface area contributed by atoms with E-state index in [1.54, 1.807) is 12.1 Å². The third kappa shape index (κ3) is 6.58. The van der Waals surface area contributed by atoms with Crippen LogP contribution in [0.3, 0.4) is 0 Å². The Balaban J connectivity index is 0.000000491. The SMILES string of the molecule is Cc1cc(O)ccc1C(S)Cc1ccccc1.FC(F)F. The summed E-state index contributed by atoms with van der Waals surface area (Å²) in [7, 11) is 0. The molecule has 1 unspecified atom stereocenters. The third-order valence-corrected chi connectivity index (χ3v) is 3.35.